The van der Waals surface area contributed by atoms with Crippen LogP contribution in [-0.4, -0.2) is 35.8 Å². The first-order valence-electron chi connectivity index (χ1n) is 8.09. The molecule has 3 nitrogen and oxygen atoms in total. The predicted molar refractivity (Wildman–Crippen MR) is 94.3 cm³/mol. The van der Waals surface area contributed by atoms with Crippen LogP contribution in [0.1, 0.15) is 32.6 Å². The van der Waals surface area contributed by atoms with E-state index in [2.05, 4.69) is 25.2 Å². The van der Waals surface area contributed by atoms with E-state index in [9.17, 15) is 4.79 Å². The Hall–Kier alpha value is -1.00. The first-order chi connectivity index (χ1) is 10.7. The predicted octanol–water partition coefficient (Wildman–Crippen LogP) is 4.32. The minimum atomic E-state index is -0.886. The molecule has 0 radical (unpaired) electrons. The minimum Gasteiger partial charge on any atom is -0.478 e. The van der Waals surface area contributed by atoms with Crippen LogP contribution in [0.3, 0.4) is 0 Å². The van der Waals surface area contributed by atoms with E-state index in [1.807, 2.05) is 17.8 Å². The van der Waals surface area contributed by atoms with Crippen molar-refractivity contribution in [1.82, 2.24) is 0 Å². The summed E-state index contributed by atoms with van der Waals surface area (Å²) in [5, 5.41) is 8.49. The van der Waals surface area contributed by atoms with E-state index in [0.29, 0.717) is 18.3 Å². The van der Waals surface area contributed by atoms with Crippen LogP contribution in [0.4, 0.5) is 0 Å². The first kappa shape index (κ1) is 19.0. The fourth-order valence-electron chi connectivity index (χ4n) is 2.34. The molecule has 2 atom stereocenters. The number of carboxylic acids is 1. The summed E-state index contributed by atoms with van der Waals surface area (Å²) in [5.74, 6) is 2.62. The topological polar surface area (TPSA) is 46.5 Å². The van der Waals surface area contributed by atoms with Gasteiger partial charge < -0.3 is 9.84 Å². The molecule has 1 heterocycles. The summed E-state index contributed by atoms with van der Waals surface area (Å²) in [6.45, 7) is 3.93. The zero-order chi connectivity index (χ0) is 16.0. The van der Waals surface area contributed by atoms with Gasteiger partial charge in [-0.25, -0.2) is 4.79 Å². The highest BCUT2D eigenvalue weighted by molar-refractivity contribution is 7.99. The molecule has 0 unspecified atom stereocenters. The zero-order valence-corrected chi connectivity index (χ0v) is 14.3. The van der Waals surface area contributed by atoms with Gasteiger partial charge in [0.05, 0.1) is 13.2 Å². The molecule has 0 aliphatic carbocycles. The molecule has 0 aromatic heterocycles. The number of carboxylic acid groups (broad SMARTS) is 1. The van der Waals surface area contributed by atoms with Gasteiger partial charge in [0.1, 0.15) is 0 Å². The van der Waals surface area contributed by atoms with Crippen molar-refractivity contribution in [3.8, 4) is 0 Å². The SMILES string of the molecule is CCCC=CCSC[C@@H]1COC[C@@H]1CC=CCC=CC(=O)O. The quantitative estimate of drug-likeness (QED) is 0.349. The molecule has 1 rings (SSSR count). The zero-order valence-electron chi connectivity index (χ0n) is 13.4. The van der Waals surface area contributed by atoms with Crippen molar-refractivity contribution in [1.29, 1.82) is 0 Å². The van der Waals surface area contributed by atoms with Gasteiger partial charge in [-0.2, -0.15) is 11.8 Å². The van der Waals surface area contributed by atoms with Crippen LogP contribution in [0.15, 0.2) is 36.5 Å². The molecule has 4 heteroatoms. The number of ether oxygens (including phenoxy) is 1. The van der Waals surface area contributed by atoms with Crippen molar-refractivity contribution in [2.24, 2.45) is 11.8 Å². The number of unbranched alkanes of at least 4 members (excludes halogenated alkanes) is 1. The van der Waals surface area contributed by atoms with Gasteiger partial charge in [0.15, 0.2) is 0 Å². The van der Waals surface area contributed by atoms with E-state index < -0.39 is 5.97 Å². The fraction of sp³-hybridized carbons (Fsp3) is 0.611. The Morgan fingerprint density at radius 3 is 2.77 bits per heavy atom. The smallest absolute Gasteiger partial charge is 0.327 e. The Morgan fingerprint density at radius 2 is 2.00 bits per heavy atom. The third-order valence-corrected chi connectivity index (χ3v) is 4.73. The maximum Gasteiger partial charge on any atom is 0.327 e. The molecule has 22 heavy (non-hydrogen) atoms. The summed E-state index contributed by atoms with van der Waals surface area (Å²) in [6, 6.07) is 0. The van der Waals surface area contributed by atoms with Gasteiger partial charge in [0, 0.05) is 11.8 Å². The largest absolute Gasteiger partial charge is 0.478 e. The lowest BCUT2D eigenvalue weighted by atomic mass is 9.94. The summed E-state index contributed by atoms with van der Waals surface area (Å²) in [4.78, 5) is 10.3. The number of hydrogen-bond donors (Lipinski definition) is 1. The first-order valence-corrected chi connectivity index (χ1v) is 9.24. The molecule has 124 valence electrons. The Balaban J connectivity index is 2.17. The second kappa shape index (κ2) is 12.5. The summed E-state index contributed by atoms with van der Waals surface area (Å²) < 4.78 is 5.62. The van der Waals surface area contributed by atoms with Crippen molar-refractivity contribution in [3.05, 3.63) is 36.5 Å². The molecular weight excluding hydrogens is 296 g/mol. The van der Waals surface area contributed by atoms with E-state index in [1.54, 1.807) is 6.08 Å². The van der Waals surface area contributed by atoms with Crippen LogP contribution in [-0.2, 0) is 9.53 Å². The van der Waals surface area contributed by atoms with Crippen LogP contribution in [0.5, 0.6) is 0 Å². The Labute approximate surface area is 138 Å². The average molecular weight is 324 g/mol. The number of allylic oxidation sites excluding steroid dienone is 4. The number of carbonyl (C=O) groups is 1. The van der Waals surface area contributed by atoms with Crippen LogP contribution in [0.25, 0.3) is 0 Å². The second-order valence-electron chi connectivity index (χ2n) is 5.54. The van der Waals surface area contributed by atoms with Crippen LogP contribution in [0, 0.1) is 11.8 Å². The number of hydrogen-bond acceptors (Lipinski definition) is 3. The minimum absolute atomic E-state index is 0.604. The van der Waals surface area contributed by atoms with Crippen molar-refractivity contribution in [2.45, 2.75) is 32.6 Å². The highest BCUT2D eigenvalue weighted by atomic mass is 32.2. The number of rotatable bonds is 11. The molecule has 0 amide bonds. The number of thioether (sulfide) groups is 1. The van der Waals surface area contributed by atoms with Crippen molar-refractivity contribution in [2.75, 3.05) is 24.7 Å². The molecule has 0 spiro atoms. The van der Waals surface area contributed by atoms with Gasteiger partial charge >= 0.3 is 5.97 Å². The number of aliphatic carboxylic acids is 1. The fourth-order valence-corrected chi connectivity index (χ4v) is 3.42. The van der Waals surface area contributed by atoms with E-state index >= 15 is 0 Å². The third-order valence-electron chi connectivity index (χ3n) is 3.64. The average Bonchev–Trinajstić information content (AvgIpc) is 2.93. The maximum atomic E-state index is 10.3. The monoisotopic (exact) mass is 324 g/mol. The summed E-state index contributed by atoms with van der Waals surface area (Å²) in [6.07, 6.45) is 15.7. The summed E-state index contributed by atoms with van der Waals surface area (Å²) in [5.41, 5.74) is 0. The molecule has 0 saturated carbocycles. The van der Waals surface area contributed by atoms with Gasteiger partial charge in [-0.15, -0.1) is 0 Å². The lowest BCUT2D eigenvalue weighted by Crippen LogP contribution is -2.14. The van der Waals surface area contributed by atoms with Gasteiger partial charge in [-0.05, 0) is 36.9 Å². The van der Waals surface area contributed by atoms with E-state index in [-0.39, 0.29) is 0 Å². The highest BCUT2D eigenvalue weighted by Crippen LogP contribution is 2.27. The molecule has 1 N–H and O–H groups in total. The molecule has 0 aromatic rings. The molecule has 0 bridgehead atoms. The lowest BCUT2D eigenvalue weighted by Gasteiger charge is -2.14. The second-order valence-corrected chi connectivity index (χ2v) is 6.61. The van der Waals surface area contributed by atoms with E-state index in [0.717, 1.165) is 31.1 Å². The highest BCUT2D eigenvalue weighted by Gasteiger charge is 2.26. The van der Waals surface area contributed by atoms with Crippen LogP contribution >= 0.6 is 11.8 Å². The van der Waals surface area contributed by atoms with Crippen LogP contribution < -0.4 is 0 Å². The van der Waals surface area contributed by atoms with Crippen molar-refractivity contribution in [3.63, 3.8) is 0 Å². The van der Waals surface area contributed by atoms with Gasteiger partial charge in [-0.1, -0.05) is 43.7 Å². The van der Waals surface area contributed by atoms with E-state index in [4.69, 9.17) is 9.84 Å². The summed E-state index contributed by atoms with van der Waals surface area (Å²) >= 11 is 1.99. The standard InChI is InChI=1S/C18H28O3S/c1-2-3-4-9-12-22-15-17-14-21-13-16(17)10-7-5-6-8-11-18(19)20/h4-5,7-9,11,16-17H,2-3,6,10,12-15H2,1H3,(H,19,20)/t16-,17-/m0/s1. The maximum absolute atomic E-state index is 10.3. The molecule has 1 fully saturated rings. The van der Waals surface area contributed by atoms with Gasteiger partial charge in [0.25, 0.3) is 0 Å². The Morgan fingerprint density at radius 1 is 1.18 bits per heavy atom. The Kier molecular flexibility index (Phi) is 10.9. The molecule has 1 saturated heterocycles. The van der Waals surface area contributed by atoms with Gasteiger partial charge in [-0.3, -0.25) is 0 Å². The van der Waals surface area contributed by atoms with Crippen molar-refractivity contribution >= 4 is 17.7 Å². The molecular formula is C18H28O3S. The molecule has 1 aliphatic heterocycles. The van der Waals surface area contributed by atoms with Gasteiger partial charge in [0.2, 0.25) is 0 Å². The molecule has 0 aromatic carbocycles. The van der Waals surface area contributed by atoms with Crippen molar-refractivity contribution < 1.29 is 14.6 Å². The summed E-state index contributed by atoms with van der Waals surface area (Å²) in [7, 11) is 0. The molecule has 1 aliphatic rings. The normalized spacial score (nSPS) is 22.4. The van der Waals surface area contributed by atoms with E-state index in [1.165, 1.54) is 18.9 Å². The third kappa shape index (κ3) is 9.11. The Bertz CT molecular complexity index is 388. The lowest BCUT2D eigenvalue weighted by molar-refractivity contribution is -0.131. The van der Waals surface area contributed by atoms with Crippen LogP contribution in [0.2, 0.25) is 0 Å².